The van der Waals surface area contributed by atoms with Crippen LogP contribution in [-0.4, -0.2) is 54.2 Å². The predicted molar refractivity (Wildman–Crippen MR) is 83.6 cm³/mol. The number of aliphatic hydroxyl groups excluding tert-OH is 1. The minimum Gasteiger partial charge on any atom is -0.392 e. The van der Waals surface area contributed by atoms with E-state index in [-0.39, 0.29) is 6.10 Å². The second kappa shape index (κ2) is 7.77. The summed E-state index contributed by atoms with van der Waals surface area (Å²) in [6.45, 7) is 7.38. The number of hydrogen-bond acceptors (Lipinski definition) is 3. The number of nitrogens with zero attached hydrogens (tertiary/aromatic N) is 2. The maximum atomic E-state index is 9.70. The lowest BCUT2D eigenvalue weighted by Crippen LogP contribution is -2.33. The van der Waals surface area contributed by atoms with E-state index in [2.05, 4.69) is 47.2 Å². The smallest absolute Gasteiger partial charge is 0.0664 e. The second-order valence-electron chi connectivity index (χ2n) is 6.16. The SMILES string of the molecule is CC[C@@H](O)CN(C)CC1CCN(Cc2ccccc2)C1. The van der Waals surface area contributed by atoms with Crippen molar-refractivity contribution in [2.45, 2.75) is 32.4 Å². The Morgan fingerprint density at radius 2 is 2.10 bits per heavy atom. The fraction of sp³-hybridized carbons (Fsp3) is 0.647. The quantitative estimate of drug-likeness (QED) is 0.827. The van der Waals surface area contributed by atoms with Crippen LogP contribution in [0.3, 0.4) is 0 Å². The van der Waals surface area contributed by atoms with Gasteiger partial charge in [0.05, 0.1) is 6.10 Å². The Kier molecular flexibility index (Phi) is 6.02. The highest BCUT2D eigenvalue weighted by molar-refractivity contribution is 5.14. The molecule has 1 unspecified atom stereocenters. The van der Waals surface area contributed by atoms with Crippen LogP contribution in [0, 0.1) is 5.92 Å². The van der Waals surface area contributed by atoms with Gasteiger partial charge in [-0.3, -0.25) is 4.90 Å². The number of rotatable bonds is 7. The van der Waals surface area contributed by atoms with Crippen LogP contribution in [-0.2, 0) is 6.54 Å². The van der Waals surface area contributed by atoms with E-state index in [0.717, 1.165) is 32.0 Å². The largest absolute Gasteiger partial charge is 0.392 e. The summed E-state index contributed by atoms with van der Waals surface area (Å²) < 4.78 is 0. The Balaban J connectivity index is 1.72. The number of aliphatic hydroxyl groups is 1. The van der Waals surface area contributed by atoms with Gasteiger partial charge in [0.25, 0.3) is 0 Å². The molecule has 1 saturated heterocycles. The summed E-state index contributed by atoms with van der Waals surface area (Å²) >= 11 is 0. The molecular formula is C17H28N2O. The Morgan fingerprint density at radius 1 is 1.35 bits per heavy atom. The highest BCUT2D eigenvalue weighted by atomic mass is 16.3. The lowest BCUT2D eigenvalue weighted by molar-refractivity contribution is 0.114. The third-order valence-electron chi connectivity index (χ3n) is 4.18. The van der Waals surface area contributed by atoms with E-state index in [1.807, 2.05) is 6.92 Å². The van der Waals surface area contributed by atoms with Gasteiger partial charge in [0.1, 0.15) is 0 Å². The van der Waals surface area contributed by atoms with Gasteiger partial charge in [-0.15, -0.1) is 0 Å². The Morgan fingerprint density at radius 3 is 2.80 bits per heavy atom. The van der Waals surface area contributed by atoms with Crippen molar-refractivity contribution >= 4 is 0 Å². The molecule has 1 heterocycles. The number of likely N-dealkylation sites (tertiary alicyclic amines) is 1. The molecule has 2 atom stereocenters. The number of likely N-dealkylation sites (N-methyl/N-ethyl adjacent to an activating group) is 1. The van der Waals surface area contributed by atoms with Gasteiger partial charge in [0.2, 0.25) is 0 Å². The average Bonchev–Trinajstić information content (AvgIpc) is 2.86. The molecule has 20 heavy (non-hydrogen) atoms. The van der Waals surface area contributed by atoms with Crippen molar-refractivity contribution in [2.24, 2.45) is 5.92 Å². The molecule has 1 aromatic rings. The molecule has 0 aromatic heterocycles. The summed E-state index contributed by atoms with van der Waals surface area (Å²) in [5.74, 6) is 0.743. The molecule has 0 bridgehead atoms. The lowest BCUT2D eigenvalue weighted by atomic mass is 10.1. The normalized spacial score (nSPS) is 21.5. The van der Waals surface area contributed by atoms with Gasteiger partial charge in [0.15, 0.2) is 0 Å². The standard InChI is InChI=1S/C17H28N2O/c1-3-17(20)14-18(2)11-16-9-10-19(13-16)12-15-7-5-4-6-8-15/h4-8,16-17,20H,3,9-14H2,1-2H3/t16?,17-/m1/s1. The molecule has 1 aliphatic rings. The Hall–Kier alpha value is -0.900. The first-order chi connectivity index (χ1) is 9.67. The molecule has 0 amide bonds. The van der Waals surface area contributed by atoms with Crippen LogP contribution in [0.25, 0.3) is 0 Å². The van der Waals surface area contributed by atoms with Gasteiger partial charge in [-0.05, 0) is 37.9 Å². The summed E-state index contributed by atoms with van der Waals surface area (Å²) in [5, 5.41) is 9.70. The second-order valence-corrected chi connectivity index (χ2v) is 6.16. The van der Waals surface area contributed by atoms with E-state index in [1.54, 1.807) is 0 Å². The first-order valence-corrected chi connectivity index (χ1v) is 7.80. The molecule has 1 N–H and O–H groups in total. The van der Waals surface area contributed by atoms with Gasteiger partial charge in [-0.1, -0.05) is 37.3 Å². The van der Waals surface area contributed by atoms with Crippen LogP contribution < -0.4 is 0 Å². The average molecular weight is 276 g/mol. The Labute approximate surface area is 123 Å². The minimum absolute atomic E-state index is 0.179. The van der Waals surface area contributed by atoms with E-state index in [0.29, 0.717) is 0 Å². The van der Waals surface area contributed by atoms with Crippen molar-refractivity contribution in [2.75, 3.05) is 33.2 Å². The summed E-state index contributed by atoms with van der Waals surface area (Å²) in [4.78, 5) is 4.83. The van der Waals surface area contributed by atoms with Gasteiger partial charge >= 0.3 is 0 Å². The van der Waals surface area contributed by atoms with Crippen LogP contribution in [0.15, 0.2) is 30.3 Å². The van der Waals surface area contributed by atoms with E-state index in [1.165, 1.54) is 25.1 Å². The van der Waals surface area contributed by atoms with Crippen molar-refractivity contribution in [3.05, 3.63) is 35.9 Å². The Bertz CT molecular complexity index is 382. The molecule has 112 valence electrons. The topological polar surface area (TPSA) is 26.7 Å². The predicted octanol–water partition coefficient (Wildman–Crippen LogP) is 2.21. The first-order valence-electron chi connectivity index (χ1n) is 7.80. The maximum Gasteiger partial charge on any atom is 0.0664 e. The van der Waals surface area contributed by atoms with E-state index < -0.39 is 0 Å². The minimum atomic E-state index is -0.179. The van der Waals surface area contributed by atoms with Crippen LogP contribution >= 0.6 is 0 Å². The maximum absolute atomic E-state index is 9.70. The number of benzene rings is 1. The molecule has 1 fully saturated rings. The molecule has 0 aliphatic carbocycles. The van der Waals surface area contributed by atoms with Crippen LogP contribution in [0.2, 0.25) is 0 Å². The van der Waals surface area contributed by atoms with Crippen molar-refractivity contribution in [3.63, 3.8) is 0 Å². The highest BCUT2D eigenvalue weighted by Gasteiger charge is 2.23. The summed E-state index contributed by atoms with van der Waals surface area (Å²) in [6.07, 6.45) is 1.94. The van der Waals surface area contributed by atoms with Crippen molar-refractivity contribution in [3.8, 4) is 0 Å². The summed E-state index contributed by atoms with van der Waals surface area (Å²) in [5.41, 5.74) is 1.41. The van der Waals surface area contributed by atoms with Gasteiger partial charge in [-0.25, -0.2) is 0 Å². The lowest BCUT2D eigenvalue weighted by Gasteiger charge is -2.23. The molecule has 0 saturated carbocycles. The molecule has 1 aliphatic heterocycles. The van der Waals surface area contributed by atoms with Crippen LogP contribution in [0.1, 0.15) is 25.3 Å². The fourth-order valence-corrected chi connectivity index (χ4v) is 3.05. The van der Waals surface area contributed by atoms with E-state index >= 15 is 0 Å². The summed E-state index contributed by atoms with van der Waals surface area (Å²) in [7, 11) is 2.12. The molecule has 1 aromatic carbocycles. The van der Waals surface area contributed by atoms with Crippen LogP contribution in [0.4, 0.5) is 0 Å². The third kappa shape index (κ3) is 4.89. The molecule has 3 heteroatoms. The van der Waals surface area contributed by atoms with Crippen molar-refractivity contribution in [1.82, 2.24) is 9.80 Å². The van der Waals surface area contributed by atoms with Gasteiger partial charge in [-0.2, -0.15) is 0 Å². The summed E-state index contributed by atoms with van der Waals surface area (Å²) in [6, 6.07) is 10.7. The van der Waals surface area contributed by atoms with Crippen molar-refractivity contribution < 1.29 is 5.11 Å². The van der Waals surface area contributed by atoms with Gasteiger partial charge in [0, 0.05) is 26.2 Å². The zero-order valence-corrected chi connectivity index (χ0v) is 12.8. The monoisotopic (exact) mass is 276 g/mol. The zero-order valence-electron chi connectivity index (χ0n) is 12.8. The van der Waals surface area contributed by atoms with Gasteiger partial charge < -0.3 is 10.0 Å². The highest BCUT2D eigenvalue weighted by Crippen LogP contribution is 2.19. The van der Waals surface area contributed by atoms with Crippen molar-refractivity contribution in [1.29, 1.82) is 0 Å². The number of hydrogen-bond donors (Lipinski definition) is 1. The first kappa shape index (κ1) is 15.5. The molecule has 0 spiro atoms. The fourth-order valence-electron chi connectivity index (χ4n) is 3.05. The molecule has 3 nitrogen and oxygen atoms in total. The zero-order chi connectivity index (χ0) is 14.4. The molecule has 2 rings (SSSR count). The molecule has 0 radical (unpaired) electrons. The third-order valence-corrected chi connectivity index (χ3v) is 4.18. The van der Waals surface area contributed by atoms with E-state index in [9.17, 15) is 5.11 Å². The molecular weight excluding hydrogens is 248 g/mol. The van der Waals surface area contributed by atoms with E-state index in [4.69, 9.17) is 0 Å². The van der Waals surface area contributed by atoms with Crippen LogP contribution in [0.5, 0.6) is 0 Å².